The van der Waals surface area contributed by atoms with E-state index in [9.17, 15) is 18.0 Å². The highest BCUT2D eigenvalue weighted by molar-refractivity contribution is 7.89. The number of aromatic amines is 1. The number of rotatable bonds is 5. The Morgan fingerprint density at radius 1 is 1.10 bits per heavy atom. The molecule has 0 radical (unpaired) electrons. The Morgan fingerprint density at radius 3 is 2.57 bits per heavy atom. The third kappa shape index (κ3) is 4.17. The number of nitrogens with one attached hydrogen (secondary N) is 2. The average Bonchev–Trinajstić information content (AvgIpc) is 3.10. The Kier molecular flexibility index (Phi) is 5.74. The fourth-order valence-corrected chi connectivity index (χ4v) is 5.23. The van der Waals surface area contributed by atoms with Crippen LogP contribution < -0.4 is 10.9 Å². The van der Waals surface area contributed by atoms with Crippen LogP contribution in [0.15, 0.2) is 56.8 Å². The van der Waals surface area contributed by atoms with Crippen molar-refractivity contribution in [3.8, 4) is 0 Å². The minimum absolute atomic E-state index is 0.115. The van der Waals surface area contributed by atoms with Crippen LogP contribution in [0.25, 0.3) is 10.9 Å². The summed E-state index contributed by atoms with van der Waals surface area (Å²) < 4.78 is 33.0. The average molecular weight is 429 g/mol. The van der Waals surface area contributed by atoms with Gasteiger partial charge in [0, 0.05) is 30.1 Å². The monoisotopic (exact) mass is 429 g/mol. The molecule has 0 spiro atoms. The van der Waals surface area contributed by atoms with Gasteiger partial charge >= 0.3 is 0 Å². The quantitative estimate of drug-likeness (QED) is 0.647. The van der Waals surface area contributed by atoms with E-state index in [4.69, 9.17) is 4.42 Å². The van der Waals surface area contributed by atoms with Crippen LogP contribution in [-0.4, -0.2) is 36.7 Å². The molecule has 4 rings (SSSR count). The summed E-state index contributed by atoms with van der Waals surface area (Å²) in [5.41, 5.74) is 0.0856. The smallest absolute Gasteiger partial charge is 0.252 e. The number of sulfonamides is 1. The second kappa shape index (κ2) is 8.45. The lowest BCUT2D eigenvalue weighted by atomic mass is 10.1. The van der Waals surface area contributed by atoms with Crippen molar-refractivity contribution in [3.63, 3.8) is 0 Å². The molecule has 2 aromatic heterocycles. The number of aromatic nitrogens is 1. The van der Waals surface area contributed by atoms with Crippen molar-refractivity contribution in [1.29, 1.82) is 0 Å². The molecule has 0 bridgehead atoms. The lowest BCUT2D eigenvalue weighted by Gasteiger charge is -2.20. The van der Waals surface area contributed by atoms with Gasteiger partial charge in [-0.25, -0.2) is 8.42 Å². The van der Waals surface area contributed by atoms with E-state index in [1.54, 1.807) is 12.1 Å². The standard InChI is InChI=1S/C21H23N3O5S/c25-20-13-18(21(26)22-14-15-6-5-11-29-15)17-12-16(7-8-19(17)23-20)30(27,28)24-9-3-1-2-4-10-24/h5-8,11-13H,1-4,9-10,14H2,(H,22,26)(H,23,25). The molecule has 1 fully saturated rings. The Labute approximate surface area is 173 Å². The first-order chi connectivity index (χ1) is 14.4. The maximum Gasteiger partial charge on any atom is 0.252 e. The molecular weight excluding hydrogens is 406 g/mol. The van der Waals surface area contributed by atoms with Gasteiger partial charge in [-0.3, -0.25) is 9.59 Å². The van der Waals surface area contributed by atoms with Gasteiger partial charge in [0.1, 0.15) is 5.76 Å². The lowest BCUT2D eigenvalue weighted by Crippen LogP contribution is -2.32. The molecule has 0 saturated carbocycles. The maximum absolute atomic E-state index is 13.2. The molecule has 1 aromatic carbocycles. The number of furan rings is 1. The number of carbonyl (C=O) groups excluding carboxylic acids is 1. The van der Waals surface area contributed by atoms with Gasteiger partial charge in [-0.15, -0.1) is 0 Å². The van der Waals surface area contributed by atoms with Crippen LogP contribution in [0.5, 0.6) is 0 Å². The van der Waals surface area contributed by atoms with Crippen LogP contribution in [0.4, 0.5) is 0 Å². The zero-order valence-electron chi connectivity index (χ0n) is 16.4. The zero-order chi connectivity index (χ0) is 21.1. The predicted molar refractivity (Wildman–Crippen MR) is 112 cm³/mol. The third-order valence-electron chi connectivity index (χ3n) is 5.27. The normalized spacial score (nSPS) is 15.7. The van der Waals surface area contributed by atoms with Crippen molar-refractivity contribution in [2.45, 2.75) is 37.1 Å². The number of nitrogens with zero attached hydrogens (tertiary/aromatic N) is 1. The molecule has 0 atom stereocenters. The number of benzene rings is 1. The Hall–Kier alpha value is -2.91. The molecule has 0 aliphatic carbocycles. The number of H-pyrrole nitrogens is 1. The van der Waals surface area contributed by atoms with Gasteiger partial charge in [-0.1, -0.05) is 12.8 Å². The molecule has 1 saturated heterocycles. The fraction of sp³-hybridized carbons (Fsp3) is 0.333. The molecule has 1 aliphatic rings. The molecule has 3 heterocycles. The first kappa shape index (κ1) is 20.4. The van der Waals surface area contributed by atoms with Crippen LogP contribution in [0.1, 0.15) is 41.8 Å². The zero-order valence-corrected chi connectivity index (χ0v) is 17.2. The summed E-state index contributed by atoms with van der Waals surface area (Å²) >= 11 is 0. The largest absolute Gasteiger partial charge is 0.467 e. The molecule has 2 N–H and O–H groups in total. The lowest BCUT2D eigenvalue weighted by molar-refractivity contribution is 0.0949. The van der Waals surface area contributed by atoms with Gasteiger partial charge in [0.2, 0.25) is 15.6 Å². The molecule has 1 aliphatic heterocycles. The highest BCUT2D eigenvalue weighted by Gasteiger charge is 2.26. The number of fused-ring (bicyclic) bond motifs is 1. The summed E-state index contributed by atoms with van der Waals surface area (Å²) in [6.45, 7) is 1.14. The maximum atomic E-state index is 13.2. The van der Waals surface area contributed by atoms with E-state index >= 15 is 0 Å². The summed E-state index contributed by atoms with van der Waals surface area (Å²) in [4.78, 5) is 27.6. The van der Waals surface area contributed by atoms with Crippen LogP contribution >= 0.6 is 0 Å². The molecule has 1 amide bonds. The molecule has 0 unspecified atom stereocenters. The van der Waals surface area contributed by atoms with E-state index in [-0.39, 0.29) is 17.0 Å². The molecule has 3 aromatic rings. The summed E-state index contributed by atoms with van der Waals surface area (Å²) in [5.74, 6) is 0.0914. The number of amides is 1. The highest BCUT2D eigenvalue weighted by atomic mass is 32.2. The van der Waals surface area contributed by atoms with Gasteiger partial charge in [-0.05, 0) is 43.2 Å². The first-order valence-corrected chi connectivity index (χ1v) is 11.4. The summed E-state index contributed by atoms with van der Waals surface area (Å²) in [6, 6.07) is 9.09. The van der Waals surface area contributed by atoms with Crippen molar-refractivity contribution in [1.82, 2.24) is 14.6 Å². The van der Waals surface area contributed by atoms with Crippen molar-refractivity contribution in [2.75, 3.05) is 13.1 Å². The summed E-state index contributed by atoms with van der Waals surface area (Å²) in [6.07, 6.45) is 5.21. The Morgan fingerprint density at radius 2 is 1.87 bits per heavy atom. The van der Waals surface area contributed by atoms with Gasteiger partial charge in [0.05, 0.1) is 23.3 Å². The molecular formula is C21H23N3O5S. The highest BCUT2D eigenvalue weighted by Crippen LogP contribution is 2.25. The van der Waals surface area contributed by atoms with Crippen molar-refractivity contribution >= 4 is 26.8 Å². The van der Waals surface area contributed by atoms with Crippen molar-refractivity contribution in [3.05, 3.63) is 64.3 Å². The number of hydrogen-bond acceptors (Lipinski definition) is 5. The van der Waals surface area contributed by atoms with E-state index in [2.05, 4.69) is 10.3 Å². The third-order valence-corrected chi connectivity index (χ3v) is 7.16. The first-order valence-electron chi connectivity index (χ1n) is 9.93. The second-order valence-corrected chi connectivity index (χ2v) is 9.27. The second-order valence-electron chi connectivity index (χ2n) is 7.33. The summed E-state index contributed by atoms with van der Waals surface area (Å²) in [7, 11) is -3.68. The van der Waals surface area contributed by atoms with Gasteiger partial charge in [-0.2, -0.15) is 4.31 Å². The van der Waals surface area contributed by atoms with Gasteiger partial charge in [0.15, 0.2) is 0 Å². The topological polar surface area (TPSA) is 112 Å². The van der Waals surface area contributed by atoms with Crippen molar-refractivity contribution in [2.24, 2.45) is 0 Å². The van der Waals surface area contributed by atoms with Crippen LogP contribution in [0.3, 0.4) is 0 Å². The fourth-order valence-electron chi connectivity index (χ4n) is 3.69. The van der Waals surface area contributed by atoms with Gasteiger partial charge in [0.25, 0.3) is 5.91 Å². The van der Waals surface area contributed by atoms with Crippen LogP contribution in [0.2, 0.25) is 0 Å². The SMILES string of the molecule is O=C(NCc1ccco1)c1cc(=O)[nH]c2ccc(S(=O)(=O)N3CCCCCC3)cc12. The van der Waals surface area contributed by atoms with E-state index in [0.717, 1.165) is 25.7 Å². The minimum Gasteiger partial charge on any atom is -0.467 e. The summed E-state index contributed by atoms with van der Waals surface area (Å²) in [5, 5.41) is 3.08. The van der Waals surface area contributed by atoms with E-state index in [1.807, 2.05) is 0 Å². The number of hydrogen-bond donors (Lipinski definition) is 2. The van der Waals surface area contributed by atoms with E-state index in [0.29, 0.717) is 29.8 Å². The Bertz CT molecular complexity index is 1210. The van der Waals surface area contributed by atoms with Gasteiger partial charge < -0.3 is 14.7 Å². The predicted octanol–water partition coefficient (Wildman–Crippen LogP) is 2.62. The van der Waals surface area contributed by atoms with E-state index in [1.165, 1.54) is 34.8 Å². The Balaban J connectivity index is 1.70. The van der Waals surface area contributed by atoms with Crippen molar-refractivity contribution < 1.29 is 17.6 Å². The molecule has 9 heteroatoms. The van der Waals surface area contributed by atoms with E-state index < -0.39 is 21.5 Å². The van der Waals surface area contributed by atoms with Crippen LogP contribution in [-0.2, 0) is 16.6 Å². The number of carbonyl (C=O) groups is 1. The van der Waals surface area contributed by atoms with Crippen LogP contribution in [0, 0.1) is 0 Å². The molecule has 158 valence electrons. The minimum atomic E-state index is -3.68. The molecule has 30 heavy (non-hydrogen) atoms. The molecule has 8 nitrogen and oxygen atoms in total. The number of pyridine rings is 1.